The lowest BCUT2D eigenvalue weighted by molar-refractivity contribution is 0.0554. The van der Waals surface area contributed by atoms with Gasteiger partial charge in [0.15, 0.2) is 0 Å². The predicted octanol–water partition coefficient (Wildman–Crippen LogP) is 0.548. The molecule has 0 saturated carbocycles. The topological polar surface area (TPSA) is 95.1 Å². The molecule has 0 aliphatic rings. The first-order valence-electron chi connectivity index (χ1n) is 5.50. The molecule has 7 heteroatoms. The van der Waals surface area contributed by atoms with Crippen LogP contribution in [0.5, 0.6) is 0 Å². The van der Waals surface area contributed by atoms with Crippen LogP contribution in [0.1, 0.15) is 32.4 Å². The van der Waals surface area contributed by atoms with E-state index < -0.39 is 15.6 Å². The van der Waals surface area contributed by atoms with Crippen molar-refractivity contribution >= 4 is 10.0 Å². The van der Waals surface area contributed by atoms with E-state index in [4.69, 9.17) is 0 Å². The van der Waals surface area contributed by atoms with Crippen LogP contribution in [0, 0.1) is 6.92 Å². The van der Waals surface area contributed by atoms with Crippen LogP contribution in [-0.4, -0.2) is 35.9 Å². The Hall–Kier alpha value is -0.920. The molecule has 1 atom stereocenters. The SMILES string of the molecule is CCCC(C)(O)CNS(=O)(=O)c1cn[nH]c1C. The molecule has 1 aromatic heterocycles. The number of aryl methyl sites for hydroxylation is 1. The summed E-state index contributed by atoms with van der Waals surface area (Å²) in [7, 11) is -3.60. The Balaban J connectivity index is 2.73. The minimum atomic E-state index is -3.60. The first-order valence-corrected chi connectivity index (χ1v) is 6.99. The van der Waals surface area contributed by atoms with Crippen molar-refractivity contribution in [1.29, 1.82) is 0 Å². The van der Waals surface area contributed by atoms with Crippen molar-refractivity contribution in [2.45, 2.75) is 44.1 Å². The summed E-state index contributed by atoms with van der Waals surface area (Å²) in [6.07, 6.45) is 2.59. The lowest BCUT2D eigenvalue weighted by atomic mass is 10.0. The molecule has 0 radical (unpaired) electrons. The van der Waals surface area contributed by atoms with Crippen LogP contribution in [0.2, 0.25) is 0 Å². The molecule has 1 aromatic rings. The third-order valence-electron chi connectivity index (χ3n) is 2.50. The Morgan fingerprint density at radius 1 is 1.59 bits per heavy atom. The molecule has 0 aromatic carbocycles. The van der Waals surface area contributed by atoms with Crippen LogP contribution in [-0.2, 0) is 10.0 Å². The summed E-state index contributed by atoms with van der Waals surface area (Å²) in [6.45, 7) is 5.17. The van der Waals surface area contributed by atoms with E-state index in [1.165, 1.54) is 6.20 Å². The molecule has 1 heterocycles. The van der Waals surface area contributed by atoms with Crippen LogP contribution < -0.4 is 4.72 Å². The van der Waals surface area contributed by atoms with E-state index in [1.54, 1.807) is 13.8 Å². The van der Waals surface area contributed by atoms with Gasteiger partial charge in [-0.1, -0.05) is 13.3 Å². The highest BCUT2D eigenvalue weighted by Gasteiger charge is 2.24. The zero-order valence-electron chi connectivity index (χ0n) is 10.3. The van der Waals surface area contributed by atoms with Crippen LogP contribution in [0.15, 0.2) is 11.1 Å². The van der Waals surface area contributed by atoms with Gasteiger partial charge in [-0.05, 0) is 20.3 Å². The van der Waals surface area contributed by atoms with Crippen LogP contribution >= 0.6 is 0 Å². The minimum absolute atomic E-state index is 0.00616. The molecule has 0 spiro atoms. The van der Waals surface area contributed by atoms with E-state index in [1.807, 2.05) is 6.92 Å². The normalized spacial score (nSPS) is 15.8. The predicted molar refractivity (Wildman–Crippen MR) is 64.0 cm³/mol. The Kier molecular flexibility index (Phi) is 4.29. The zero-order chi connectivity index (χ0) is 13.1. The van der Waals surface area contributed by atoms with E-state index in [2.05, 4.69) is 14.9 Å². The molecule has 17 heavy (non-hydrogen) atoms. The Morgan fingerprint density at radius 3 is 2.71 bits per heavy atom. The van der Waals surface area contributed by atoms with Gasteiger partial charge in [-0.3, -0.25) is 5.10 Å². The molecule has 0 aliphatic carbocycles. The quantitative estimate of drug-likeness (QED) is 0.697. The number of aromatic nitrogens is 2. The number of H-pyrrole nitrogens is 1. The maximum absolute atomic E-state index is 11.9. The van der Waals surface area contributed by atoms with Crippen LogP contribution in [0.4, 0.5) is 0 Å². The monoisotopic (exact) mass is 261 g/mol. The number of hydrogen-bond donors (Lipinski definition) is 3. The molecule has 3 N–H and O–H groups in total. The van der Waals surface area contributed by atoms with Crippen molar-refractivity contribution < 1.29 is 13.5 Å². The van der Waals surface area contributed by atoms with Gasteiger partial charge in [0.05, 0.1) is 17.5 Å². The maximum Gasteiger partial charge on any atom is 0.244 e. The van der Waals surface area contributed by atoms with Crippen molar-refractivity contribution in [2.24, 2.45) is 0 Å². The average molecular weight is 261 g/mol. The summed E-state index contributed by atoms with van der Waals surface area (Å²) in [5.74, 6) is 0. The van der Waals surface area contributed by atoms with Gasteiger partial charge in [0.25, 0.3) is 0 Å². The number of rotatable bonds is 6. The second-order valence-electron chi connectivity index (χ2n) is 4.43. The van der Waals surface area contributed by atoms with Gasteiger partial charge in [0, 0.05) is 6.54 Å². The molecule has 98 valence electrons. The van der Waals surface area contributed by atoms with Crippen LogP contribution in [0.25, 0.3) is 0 Å². The first kappa shape index (κ1) is 14.1. The lowest BCUT2D eigenvalue weighted by Crippen LogP contribution is -2.40. The number of aliphatic hydroxyl groups is 1. The van der Waals surface area contributed by atoms with Crippen molar-refractivity contribution in [3.63, 3.8) is 0 Å². The largest absolute Gasteiger partial charge is 0.389 e. The maximum atomic E-state index is 11.9. The number of hydrogen-bond acceptors (Lipinski definition) is 4. The standard InChI is InChI=1S/C10H19N3O3S/c1-4-5-10(3,14)7-12-17(15,16)9-6-11-13-8(9)2/h6,12,14H,4-5,7H2,1-3H3,(H,11,13). The van der Waals surface area contributed by atoms with E-state index in [0.717, 1.165) is 6.42 Å². The summed E-state index contributed by atoms with van der Waals surface area (Å²) in [6, 6.07) is 0. The third-order valence-corrected chi connectivity index (χ3v) is 4.02. The van der Waals surface area contributed by atoms with E-state index >= 15 is 0 Å². The zero-order valence-corrected chi connectivity index (χ0v) is 11.1. The van der Waals surface area contributed by atoms with Gasteiger partial charge in [-0.2, -0.15) is 5.10 Å². The molecule has 0 bridgehead atoms. The molecule has 0 aliphatic heterocycles. The minimum Gasteiger partial charge on any atom is -0.389 e. The first-order chi connectivity index (χ1) is 7.78. The molecular weight excluding hydrogens is 242 g/mol. The van der Waals surface area contributed by atoms with Gasteiger partial charge in [0.2, 0.25) is 10.0 Å². The smallest absolute Gasteiger partial charge is 0.244 e. The number of nitrogens with zero attached hydrogens (tertiary/aromatic N) is 1. The molecule has 0 amide bonds. The Bertz CT molecular complexity index is 465. The highest BCUT2D eigenvalue weighted by atomic mass is 32.2. The Labute approximate surface area is 101 Å². The number of sulfonamides is 1. The molecule has 0 fully saturated rings. The van der Waals surface area contributed by atoms with E-state index in [0.29, 0.717) is 12.1 Å². The lowest BCUT2D eigenvalue weighted by Gasteiger charge is -2.22. The van der Waals surface area contributed by atoms with Crippen LogP contribution in [0.3, 0.4) is 0 Å². The highest BCUT2D eigenvalue weighted by molar-refractivity contribution is 7.89. The number of nitrogens with one attached hydrogen (secondary N) is 2. The van der Waals surface area contributed by atoms with Gasteiger partial charge in [-0.15, -0.1) is 0 Å². The summed E-state index contributed by atoms with van der Waals surface area (Å²) in [4.78, 5) is 0.116. The fourth-order valence-electron chi connectivity index (χ4n) is 1.57. The summed E-state index contributed by atoms with van der Waals surface area (Å²) < 4.78 is 26.2. The molecular formula is C10H19N3O3S. The van der Waals surface area contributed by atoms with Crippen molar-refractivity contribution in [2.75, 3.05) is 6.54 Å². The van der Waals surface area contributed by atoms with Crippen molar-refractivity contribution in [3.05, 3.63) is 11.9 Å². The summed E-state index contributed by atoms with van der Waals surface area (Å²) in [5.41, 5.74) is -0.549. The molecule has 6 nitrogen and oxygen atoms in total. The fraction of sp³-hybridized carbons (Fsp3) is 0.700. The molecule has 1 rings (SSSR count). The fourth-order valence-corrected chi connectivity index (χ4v) is 2.86. The van der Waals surface area contributed by atoms with Gasteiger partial charge >= 0.3 is 0 Å². The number of aromatic amines is 1. The molecule has 1 unspecified atom stereocenters. The third kappa shape index (κ3) is 3.79. The van der Waals surface area contributed by atoms with Crippen molar-refractivity contribution in [3.8, 4) is 0 Å². The van der Waals surface area contributed by atoms with E-state index in [9.17, 15) is 13.5 Å². The van der Waals surface area contributed by atoms with Gasteiger partial charge < -0.3 is 5.11 Å². The van der Waals surface area contributed by atoms with E-state index in [-0.39, 0.29) is 11.4 Å². The highest BCUT2D eigenvalue weighted by Crippen LogP contribution is 2.14. The molecule has 0 saturated heterocycles. The summed E-state index contributed by atoms with van der Waals surface area (Å²) >= 11 is 0. The second-order valence-corrected chi connectivity index (χ2v) is 6.17. The average Bonchev–Trinajstić information content (AvgIpc) is 2.63. The summed E-state index contributed by atoms with van der Waals surface area (Å²) in [5, 5.41) is 16.1. The van der Waals surface area contributed by atoms with Gasteiger partial charge in [0.1, 0.15) is 4.90 Å². The Morgan fingerprint density at radius 2 is 2.24 bits per heavy atom. The van der Waals surface area contributed by atoms with Gasteiger partial charge in [-0.25, -0.2) is 13.1 Å². The second kappa shape index (κ2) is 5.16. The van der Waals surface area contributed by atoms with Crippen molar-refractivity contribution in [1.82, 2.24) is 14.9 Å².